The second-order valence-electron chi connectivity index (χ2n) is 8.85. The van der Waals surface area contributed by atoms with Gasteiger partial charge in [-0.25, -0.2) is 19.2 Å². The number of nitrogens with zero attached hydrogens (tertiary/aromatic N) is 3. The Hall–Kier alpha value is -4.33. The topological polar surface area (TPSA) is 89.0 Å². The molecule has 2 N–H and O–H groups in total. The fourth-order valence-electron chi connectivity index (χ4n) is 3.87. The van der Waals surface area contributed by atoms with E-state index < -0.39 is 12.7 Å². The zero-order valence-electron chi connectivity index (χ0n) is 21.2. The molecule has 4 aromatic rings. The van der Waals surface area contributed by atoms with E-state index in [1.807, 2.05) is 75.4 Å². The number of urea groups is 1. The Morgan fingerprint density at radius 2 is 1.95 bits per heavy atom. The Labute approximate surface area is 215 Å². The maximum absolute atomic E-state index is 12.2. The lowest BCUT2D eigenvalue weighted by Crippen LogP contribution is -2.40. The lowest BCUT2D eigenvalue weighted by Gasteiger charge is -2.11. The van der Waals surface area contributed by atoms with Gasteiger partial charge in [-0.05, 0) is 67.8 Å². The summed E-state index contributed by atoms with van der Waals surface area (Å²) in [7, 11) is 0. The van der Waals surface area contributed by atoms with Crippen LogP contribution >= 0.6 is 0 Å². The summed E-state index contributed by atoms with van der Waals surface area (Å²) in [5.41, 5.74) is 5.84. The first kappa shape index (κ1) is 25.8. The average Bonchev–Trinajstić information content (AvgIpc) is 2.89. The molecule has 0 saturated carbocycles. The molecule has 0 radical (unpaired) electrons. The number of carbonyl (C=O) groups is 1. The van der Waals surface area contributed by atoms with E-state index in [1.54, 1.807) is 12.5 Å². The van der Waals surface area contributed by atoms with Crippen molar-refractivity contribution in [2.75, 3.05) is 13.2 Å². The summed E-state index contributed by atoms with van der Waals surface area (Å²) in [4.78, 5) is 25.0. The van der Waals surface area contributed by atoms with Crippen LogP contribution in [0.2, 0.25) is 0 Å². The van der Waals surface area contributed by atoms with Gasteiger partial charge in [0.15, 0.2) is 0 Å². The number of aromatic nitrogens is 3. The van der Waals surface area contributed by atoms with Crippen molar-refractivity contribution in [3.8, 4) is 11.5 Å². The number of hydrogen-bond acceptors (Lipinski definition) is 5. The third-order valence-corrected chi connectivity index (χ3v) is 5.78. The number of nitrogens with one attached hydrogen (secondary N) is 2. The SMILES string of the molecule is Cc1ccc(Oc2ccc(Cc3ncnc4ccc(/C=C/C(C)NC(=O)NCCF)cc34)cc2C)cn1. The molecule has 2 aromatic heterocycles. The van der Waals surface area contributed by atoms with E-state index in [9.17, 15) is 9.18 Å². The first-order chi connectivity index (χ1) is 17.9. The van der Waals surface area contributed by atoms with Crippen LogP contribution in [0.5, 0.6) is 11.5 Å². The minimum Gasteiger partial charge on any atom is -0.455 e. The zero-order chi connectivity index (χ0) is 26.2. The van der Waals surface area contributed by atoms with Crippen molar-refractivity contribution in [3.63, 3.8) is 0 Å². The molecule has 0 aliphatic heterocycles. The summed E-state index contributed by atoms with van der Waals surface area (Å²) >= 11 is 0. The molecule has 0 aliphatic rings. The number of aryl methyl sites for hydroxylation is 2. The van der Waals surface area contributed by atoms with Gasteiger partial charge in [0.05, 0.1) is 17.4 Å². The van der Waals surface area contributed by atoms with Gasteiger partial charge in [0.25, 0.3) is 0 Å². The highest BCUT2D eigenvalue weighted by atomic mass is 19.1. The highest BCUT2D eigenvalue weighted by Crippen LogP contribution is 2.27. The largest absolute Gasteiger partial charge is 0.455 e. The summed E-state index contributed by atoms with van der Waals surface area (Å²) in [6.45, 7) is 5.22. The molecular formula is C29H30FN5O2. The predicted octanol–water partition coefficient (Wildman–Crippen LogP) is 5.70. The second-order valence-corrected chi connectivity index (χ2v) is 8.85. The van der Waals surface area contributed by atoms with Gasteiger partial charge in [-0.3, -0.25) is 4.98 Å². The standard InChI is InChI=1S/C29H30FN5O2/c1-19-14-23(8-11-28(19)37-24-9-5-20(2)32-17-24)16-27-25-15-22(7-10-26(25)33-18-34-27)6-4-21(3)35-29(36)31-13-12-30/h4-11,14-15,17-18,21H,12-13,16H2,1-3H3,(H2,31,35,36)/b6-4+. The highest BCUT2D eigenvalue weighted by Gasteiger charge is 2.09. The number of ether oxygens (including phenoxy) is 1. The van der Waals surface area contributed by atoms with Gasteiger partial charge in [-0.15, -0.1) is 0 Å². The van der Waals surface area contributed by atoms with Crippen molar-refractivity contribution < 1.29 is 13.9 Å². The van der Waals surface area contributed by atoms with Gasteiger partial charge >= 0.3 is 6.03 Å². The van der Waals surface area contributed by atoms with Gasteiger partial charge in [0.1, 0.15) is 24.5 Å². The van der Waals surface area contributed by atoms with Crippen LogP contribution in [0.15, 0.2) is 67.1 Å². The van der Waals surface area contributed by atoms with E-state index in [4.69, 9.17) is 4.74 Å². The summed E-state index contributed by atoms with van der Waals surface area (Å²) in [6.07, 6.45) is 7.77. The fraction of sp³-hybridized carbons (Fsp3) is 0.241. The van der Waals surface area contributed by atoms with Crippen LogP contribution in [0.3, 0.4) is 0 Å². The van der Waals surface area contributed by atoms with Crippen LogP contribution in [-0.4, -0.2) is 40.2 Å². The fourth-order valence-corrected chi connectivity index (χ4v) is 3.87. The number of hydrogen-bond donors (Lipinski definition) is 2. The van der Waals surface area contributed by atoms with Crippen LogP contribution in [0.25, 0.3) is 17.0 Å². The summed E-state index contributed by atoms with van der Waals surface area (Å²) in [5, 5.41) is 6.17. The number of alkyl halides is 1. The smallest absolute Gasteiger partial charge is 0.315 e. The van der Waals surface area contributed by atoms with E-state index in [2.05, 4.69) is 31.7 Å². The quantitative estimate of drug-likeness (QED) is 0.309. The molecule has 190 valence electrons. The molecule has 2 heterocycles. The number of fused-ring (bicyclic) bond motifs is 1. The second kappa shape index (κ2) is 12.1. The van der Waals surface area contributed by atoms with Crippen molar-refractivity contribution in [3.05, 3.63) is 95.2 Å². The maximum Gasteiger partial charge on any atom is 0.315 e. The Morgan fingerprint density at radius 3 is 2.70 bits per heavy atom. The molecule has 0 bridgehead atoms. The van der Waals surface area contributed by atoms with Crippen molar-refractivity contribution >= 4 is 23.0 Å². The zero-order valence-corrected chi connectivity index (χ0v) is 21.2. The van der Waals surface area contributed by atoms with Crippen LogP contribution < -0.4 is 15.4 Å². The minimum atomic E-state index is -0.595. The third kappa shape index (κ3) is 7.10. The number of halogens is 1. The average molecular weight is 500 g/mol. The normalized spacial score (nSPS) is 12.0. The Morgan fingerprint density at radius 1 is 1.08 bits per heavy atom. The summed E-state index contributed by atoms with van der Waals surface area (Å²) in [6, 6.07) is 15.3. The molecule has 1 atom stereocenters. The number of rotatable bonds is 9. The predicted molar refractivity (Wildman–Crippen MR) is 144 cm³/mol. The van der Waals surface area contributed by atoms with E-state index >= 15 is 0 Å². The lowest BCUT2D eigenvalue weighted by molar-refractivity contribution is 0.238. The van der Waals surface area contributed by atoms with Gasteiger partial charge < -0.3 is 15.4 Å². The van der Waals surface area contributed by atoms with E-state index in [0.29, 0.717) is 12.2 Å². The number of amides is 2. The molecule has 7 nitrogen and oxygen atoms in total. The van der Waals surface area contributed by atoms with E-state index in [0.717, 1.165) is 44.7 Å². The number of benzene rings is 2. The van der Waals surface area contributed by atoms with Crippen molar-refractivity contribution in [1.82, 2.24) is 25.6 Å². The van der Waals surface area contributed by atoms with Crippen LogP contribution in [0.4, 0.5) is 9.18 Å². The molecule has 0 saturated heterocycles. The Kier molecular flexibility index (Phi) is 8.40. The maximum atomic E-state index is 12.2. The molecule has 0 aliphatic carbocycles. The molecule has 4 rings (SSSR count). The van der Waals surface area contributed by atoms with Crippen LogP contribution in [-0.2, 0) is 6.42 Å². The molecular weight excluding hydrogens is 469 g/mol. The lowest BCUT2D eigenvalue weighted by atomic mass is 10.0. The molecule has 8 heteroatoms. The summed E-state index contributed by atoms with van der Waals surface area (Å²) < 4.78 is 18.2. The minimum absolute atomic E-state index is 0.00474. The van der Waals surface area contributed by atoms with Crippen LogP contribution in [0, 0.1) is 13.8 Å². The first-order valence-corrected chi connectivity index (χ1v) is 12.1. The molecule has 1 unspecified atom stereocenters. The summed E-state index contributed by atoms with van der Waals surface area (Å²) in [5.74, 6) is 1.49. The molecule has 37 heavy (non-hydrogen) atoms. The van der Waals surface area contributed by atoms with Crippen LogP contribution in [0.1, 0.15) is 35.0 Å². The van der Waals surface area contributed by atoms with Gasteiger partial charge in [0, 0.05) is 30.1 Å². The van der Waals surface area contributed by atoms with E-state index in [-0.39, 0.29) is 12.6 Å². The first-order valence-electron chi connectivity index (χ1n) is 12.1. The van der Waals surface area contributed by atoms with E-state index in [1.165, 1.54) is 0 Å². The molecule has 0 fully saturated rings. The Bertz CT molecular complexity index is 1410. The third-order valence-electron chi connectivity index (χ3n) is 5.78. The molecule has 2 aromatic carbocycles. The Balaban J connectivity index is 1.49. The number of carbonyl (C=O) groups excluding carboxylic acids is 1. The monoisotopic (exact) mass is 499 g/mol. The highest BCUT2D eigenvalue weighted by molar-refractivity contribution is 5.83. The van der Waals surface area contributed by atoms with Crippen molar-refractivity contribution in [1.29, 1.82) is 0 Å². The van der Waals surface area contributed by atoms with Crippen molar-refractivity contribution in [2.24, 2.45) is 0 Å². The molecule has 2 amide bonds. The van der Waals surface area contributed by atoms with Gasteiger partial charge in [-0.2, -0.15) is 0 Å². The number of pyridine rings is 1. The molecule has 0 spiro atoms. The van der Waals surface area contributed by atoms with Crippen molar-refractivity contribution in [2.45, 2.75) is 33.2 Å². The van der Waals surface area contributed by atoms with Gasteiger partial charge in [-0.1, -0.05) is 30.4 Å². The van der Waals surface area contributed by atoms with Gasteiger partial charge in [0.2, 0.25) is 0 Å².